The van der Waals surface area contributed by atoms with Gasteiger partial charge < -0.3 is 14.4 Å². The Kier molecular flexibility index (Phi) is 4.11. The fourth-order valence-corrected chi connectivity index (χ4v) is 4.67. The number of hydrogen-bond acceptors (Lipinski definition) is 6. The molecule has 0 bridgehead atoms. The fraction of sp³-hybridized carbons (Fsp3) is 0.304. The molecular weight excluding hydrogens is 374 g/mol. The summed E-state index contributed by atoms with van der Waals surface area (Å²) in [4.78, 5) is 23.3. The molecular formula is C23H23N7. The number of benzene rings is 1. The molecule has 0 spiro atoms. The van der Waals surface area contributed by atoms with Crippen LogP contribution in [0.3, 0.4) is 0 Å². The van der Waals surface area contributed by atoms with E-state index in [-0.39, 0.29) is 0 Å². The summed E-state index contributed by atoms with van der Waals surface area (Å²) in [6, 6.07) is 17.1. The van der Waals surface area contributed by atoms with Crippen LogP contribution in [-0.2, 0) is 6.42 Å². The Bertz CT molecular complexity index is 1160. The minimum atomic E-state index is 0.320. The summed E-state index contributed by atoms with van der Waals surface area (Å²) in [7, 11) is 0. The minimum Gasteiger partial charge on any atom is -0.353 e. The van der Waals surface area contributed by atoms with E-state index in [0.29, 0.717) is 6.04 Å². The van der Waals surface area contributed by atoms with Crippen LogP contribution in [0.15, 0.2) is 60.9 Å². The van der Waals surface area contributed by atoms with E-state index >= 15 is 0 Å². The highest BCUT2D eigenvalue weighted by molar-refractivity contribution is 5.75. The van der Waals surface area contributed by atoms with E-state index in [1.807, 2.05) is 6.07 Å². The number of fused-ring (bicyclic) bond motifs is 3. The number of aryl methyl sites for hydroxylation is 1. The van der Waals surface area contributed by atoms with Crippen molar-refractivity contribution in [2.45, 2.75) is 18.9 Å². The summed E-state index contributed by atoms with van der Waals surface area (Å²) < 4.78 is 2.35. The Labute approximate surface area is 175 Å². The second-order valence-electron chi connectivity index (χ2n) is 7.90. The molecule has 30 heavy (non-hydrogen) atoms. The molecule has 150 valence electrons. The first-order valence-corrected chi connectivity index (χ1v) is 10.6. The lowest BCUT2D eigenvalue weighted by Crippen LogP contribution is -2.47. The molecule has 1 saturated heterocycles. The Morgan fingerprint density at radius 2 is 1.53 bits per heavy atom. The molecule has 1 fully saturated rings. The van der Waals surface area contributed by atoms with Crippen molar-refractivity contribution in [3.63, 3.8) is 0 Å². The van der Waals surface area contributed by atoms with E-state index < -0.39 is 0 Å². The summed E-state index contributed by atoms with van der Waals surface area (Å²) >= 11 is 0. The second kappa shape index (κ2) is 7.09. The predicted octanol–water partition coefficient (Wildman–Crippen LogP) is 3.08. The molecule has 2 aliphatic rings. The standard InChI is InChI=1S/C23H23N7/c1-2-5-17(6-3-1)19-8-10-21-26-18-7-9-20(27-22(18)30(19)21)28-13-15-29(16-14-28)23-24-11-4-12-25-23/h1-7,9,11-12,19H,8,10,13-16H2. The number of rotatable bonds is 3. The summed E-state index contributed by atoms with van der Waals surface area (Å²) in [6.45, 7) is 3.58. The van der Waals surface area contributed by atoms with Gasteiger partial charge in [0, 0.05) is 45.0 Å². The van der Waals surface area contributed by atoms with Gasteiger partial charge in [0.1, 0.15) is 17.2 Å². The SMILES string of the molecule is c1ccc(C2CCc3nc4ccc(N5CCN(c6ncccn6)CC5)nc4n32)cc1. The molecule has 0 amide bonds. The maximum atomic E-state index is 5.08. The number of piperazine rings is 1. The highest BCUT2D eigenvalue weighted by atomic mass is 15.3. The van der Waals surface area contributed by atoms with Crippen LogP contribution in [0, 0.1) is 0 Å². The van der Waals surface area contributed by atoms with Crippen LogP contribution in [0.5, 0.6) is 0 Å². The Hall–Kier alpha value is -3.48. The normalized spacial score (nSPS) is 18.7. The third-order valence-corrected chi connectivity index (χ3v) is 6.17. The van der Waals surface area contributed by atoms with Crippen molar-refractivity contribution in [1.29, 1.82) is 0 Å². The summed E-state index contributed by atoms with van der Waals surface area (Å²) in [5.74, 6) is 2.98. The molecule has 0 radical (unpaired) electrons. The first-order valence-electron chi connectivity index (χ1n) is 10.6. The van der Waals surface area contributed by atoms with E-state index in [4.69, 9.17) is 9.97 Å². The minimum absolute atomic E-state index is 0.320. The molecule has 2 aliphatic heterocycles. The van der Waals surface area contributed by atoms with Gasteiger partial charge in [0.15, 0.2) is 5.65 Å². The Morgan fingerprint density at radius 3 is 2.33 bits per heavy atom. The molecule has 4 aromatic rings. The van der Waals surface area contributed by atoms with Gasteiger partial charge in [-0.05, 0) is 30.2 Å². The zero-order valence-corrected chi connectivity index (χ0v) is 16.7. The van der Waals surface area contributed by atoms with Crippen molar-refractivity contribution in [2.75, 3.05) is 36.0 Å². The van der Waals surface area contributed by atoms with Gasteiger partial charge in [-0.1, -0.05) is 30.3 Å². The molecule has 6 rings (SSSR count). The van der Waals surface area contributed by atoms with Gasteiger partial charge in [-0.15, -0.1) is 0 Å². The number of anilines is 2. The topological polar surface area (TPSA) is 63.0 Å². The number of imidazole rings is 1. The van der Waals surface area contributed by atoms with Crippen LogP contribution in [0.4, 0.5) is 11.8 Å². The van der Waals surface area contributed by atoms with Crippen LogP contribution in [0.25, 0.3) is 11.2 Å². The number of hydrogen-bond donors (Lipinski definition) is 0. The summed E-state index contributed by atoms with van der Waals surface area (Å²) in [5.41, 5.74) is 3.33. The Balaban J connectivity index is 1.28. The average molecular weight is 397 g/mol. The highest BCUT2D eigenvalue weighted by Crippen LogP contribution is 2.35. The molecule has 1 atom stereocenters. The molecule has 0 aliphatic carbocycles. The zero-order chi connectivity index (χ0) is 19.9. The van der Waals surface area contributed by atoms with Gasteiger partial charge in [0.05, 0.1) is 6.04 Å². The van der Waals surface area contributed by atoms with Crippen LogP contribution >= 0.6 is 0 Å². The van der Waals surface area contributed by atoms with Gasteiger partial charge in [-0.2, -0.15) is 0 Å². The van der Waals surface area contributed by atoms with Gasteiger partial charge >= 0.3 is 0 Å². The first-order chi connectivity index (χ1) is 14.9. The maximum absolute atomic E-state index is 5.08. The van der Waals surface area contributed by atoms with Crippen molar-refractivity contribution >= 4 is 22.9 Å². The highest BCUT2D eigenvalue weighted by Gasteiger charge is 2.28. The van der Waals surface area contributed by atoms with E-state index in [1.165, 1.54) is 5.56 Å². The van der Waals surface area contributed by atoms with Gasteiger partial charge in [-0.3, -0.25) is 0 Å². The molecule has 0 saturated carbocycles. The third-order valence-electron chi connectivity index (χ3n) is 6.17. The number of nitrogens with zero attached hydrogens (tertiary/aromatic N) is 7. The molecule has 1 aromatic carbocycles. The van der Waals surface area contributed by atoms with Gasteiger partial charge in [0.25, 0.3) is 0 Å². The third kappa shape index (κ3) is 2.89. The lowest BCUT2D eigenvalue weighted by atomic mass is 10.0. The van der Waals surface area contributed by atoms with E-state index in [9.17, 15) is 0 Å². The number of aromatic nitrogens is 5. The van der Waals surface area contributed by atoms with Gasteiger partial charge in [0.2, 0.25) is 5.95 Å². The monoisotopic (exact) mass is 397 g/mol. The van der Waals surface area contributed by atoms with E-state index in [1.54, 1.807) is 12.4 Å². The smallest absolute Gasteiger partial charge is 0.225 e. The lowest BCUT2D eigenvalue weighted by molar-refractivity contribution is 0.625. The second-order valence-corrected chi connectivity index (χ2v) is 7.90. The fourth-order valence-electron chi connectivity index (χ4n) is 4.67. The Morgan fingerprint density at radius 1 is 0.767 bits per heavy atom. The van der Waals surface area contributed by atoms with E-state index in [2.05, 4.69) is 66.8 Å². The molecule has 0 N–H and O–H groups in total. The van der Waals surface area contributed by atoms with Crippen molar-refractivity contribution in [1.82, 2.24) is 24.5 Å². The molecule has 3 aromatic heterocycles. The molecule has 7 nitrogen and oxygen atoms in total. The molecule has 7 heteroatoms. The number of pyridine rings is 1. The first kappa shape index (κ1) is 17.4. The summed E-state index contributed by atoms with van der Waals surface area (Å²) in [5, 5.41) is 0. The zero-order valence-electron chi connectivity index (χ0n) is 16.7. The predicted molar refractivity (Wildman–Crippen MR) is 117 cm³/mol. The molecule has 5 heterocycles. The quantitative estimate of drug-likeness (QED) is 0.529. The maximum Gasteiger partial charge on any atom is 0.225 e. The summed E-state index contributed by atoms with van der Waals surface area (Å²) in [6.07, 6.45) is 5.69. The average Bonchev–Trinajstić information content (AvgIpc) is 3.39. The van der Waals surface area contributed by atoms with E-state index in [0.717, 1.165) is 67.8 Å². The van der Waals surface area contributed by atoms with Crippen molar-refractivity contribution in [2.24, 2.45) is 0 Å². The van der Waals surface area contributed by atoms with Crippen LogP contribution < -0.4 is 9.80 Å². The lowest BCUT2D eigenvalue weighted by Gasteiger charge is -2.35. The van der Waals surface area contributed by atoms with Gasteiger partial charge in [-0.25, -0.2) is 19.9 Å². The van der Waals surface area contributed by atoms with Crippen LogP contribution in [0.2, 0.25) is 0 Å². The van der Waals surface area contributed by atoms with Crippen LogP contribution in [-0.4, -0.2) is 50.7 Å². The molecule has 1 unspecified atom stereocenters. The van der Waals surface area contributed by atoms with Crippen molar-refractivity contribution < 1.29 is 0 Å². The van der Waals surface area contributed by atoms with Crippen molar-refractivity contribution in [3.05, 3.63) is 72.3 Å². The van der Waals surface area contributed by atoms with Crippen LogP contribution in [0.1, 0.15) is 23.9 Å². The largest absolute Gasteiger partial charge is 0.353 e. The van der Waals surface area contributed by atoms with Crippen molar-refractivity contribution in [3.8, 4) is 0 Å².